The molecule has 6 nitrogen and oxygen atoms in total. The van der Waals surface area contributed by atoms with Crippen molar-refractivity contribution in [2.24, 2.45) is 9.98 Å². The van der Waals surface area contributed by atoms with E-state index < -0.39 is 12.2 Å². The van der Waals surface area contributed by atoms with Crippen LogP contribution >= 0.6 is 0 Å². The summed E-state index contributed by atoms with van der Waals surface area (Å²) in [5.41, 5.74) is 0. The second-order valence-corrected chi connectivity index (χ2v) is 1.72. The van der Waals surface area contributed by atoms with Gasteiger partial charge in [0.05, 0.1) is 13.2 Å². The van der Waals surface area contributed by atoms with Crippen LogP contribution in [0, 0.1) is 0 Å². The Morgan fingerprint density at radius 3 is 1.77 bits per heavy atom. The lowest BCUT2D eigenvalue weighted by Crippen LogP contribution is -1.98. The standard InChI is InChI=1S/C7H10N2O4/c1-3-12-6(10)8-5-9-7(11)13-4-2/h3-4H2,1-2H3. The van der Waals surface area contributed by atoms with Crippen LogP contribution in [0.5, 0.6) is 0 Å². The molecule has 0 bridgehead atoms. The summed E-state index contributed by atoms with van der Waals surface area (Å²) in [7, 11) is 0. The van der Waals surface area contributed by atoms with Crippen LogP contribution in [0.1, 0.15) is 13.8 Å². The zero-order valence-corrected chi connectivity index (χ0v) is 7.44. The number of nitrogens with zero attached hydrogens (tertiary/aromatic N) is 2. The Morgan fingerprint density at radius 1 is 1.08 bits per heavy atom. The van der Waals surface area contributed by atoms with Crippen molar-refractivity contribution in [1.82, 2.24) is 0 Å². The molecule has 0 saturated heterocycles. The number of amides is 2. The van der Waals surface area contributed by atoms with Crippen LogP contribution in [0.15, 0.2) is 9.98 Å². The molecule has 0 aliphatic carbocycles. The monoisotopic (exact) mass is 186 g/mol. The molecular weight excluding hydrogens is 176 g/mol. The maximum absolute atomic E-state index is 10.5. The van der Waals surface area contributed by atoms with Crippen LogP contribution in [0.3, 0.4) is 0 Å². The van der Waals surface area contributed by atoms with Gasteiger partial charge in [0.2, 0.25) is 0 Å². The van der Waals surface area contributed by atoms with Gasteiger partial charge in [0, 0.05) is 0 Å². The highest BCUT2D eigenvalue weighted by molar-refractivity contribution is 5.81. The van der Waals surface area contributed by atoms with Gasteiger partial charge in [-0.15, -0.1) is 9.98 Å². The minimum atomic E-state index is -0.837. The fourth-order valence-corrected chi connectivity index (χ4v) is 0.418. The average Bonchev–Trinajstić information content (AvgIpc) is 2.05. The zero-order chi connectivity index (χ0) is 10.1. The zero-order valence-electron chi connectivity index (χ0n) is 7.44. The van der Waals surface area contributed by atoms with Gasteiger partial charge < -0.3 is 9.47 Å². The van der Waals surface area contributed by atoms with Crippen molar-refractivity contribution < 1.29 is 19.1 Å². The Morgan fingerprint density at radius 2 is 1.46 bits per heavy atom. The number of carbonyl (C=O) groups excluding carboxylic acids is 2. The third kappa shape index (κ3) is 6.71. The fraction of sp³-hybridized carbons (Fsp3) is 0.571. The minimum absolute atomic E-state index is 0.212. The van der Waals surface area contributed by atoms with Gasteiger partial charge in [-0.3, -0.25) is 0 Å². The molecule has 0 spiro atoms. The number of hydrogen-bond donors (Lipinski definition) is 0. The van der Waals surface area contributed by atoms with Crippen molar-refractivity contribution in [1.29, 1.82) is 0 Å². The van der Waals surface area contributed by atoms with Crippen molar-refractivity contribution in [3.05, 3.63) is 0 Å². The first-order valence-corrected chi connectivity index (χ1v) is 3.70. The number of rotatable bonds is 2. The second-order valence-electron chi connectivity index (χ2n) is 1.72. The van der Waals surface area contributed by atoms with Gasteiger partial charge in [0.1, 0.15) is 6.01 Å². The first kappa shape index (κ1) is 11.3. The van der Waals surface area contributed by atoms with E-state index in [4.69, 9.17) is 0 Å². The van der Waals surface area contributed by atoms with E-state index >= 15 is 0 Å². The lowest BCUT2D eigenvalue weighted by molar-refractivity contribution is 0.163. The Kier molecular flexibility index (Phi) is 6.09. The number of ether oxygens (including phenoxy) is 2. The quantitative estimate of drug-likeness (QED) is 0.612. The lowest BCUT2D eigenvalue weighted by atomic mass is 10.9. The number of aliphatic imine (C=N–C) groups is 2. The summed E-state index contributed by atoms with van der Waals surface area (Å²) >= 11 is 0. The predicted octanol–water partition coefficient (Wildman–Crippen LogP) is 1.47. The van der Waals surface area contributed by atoms with Gasteiger partial charge in [0.15, 0.2) is 0 Å². The van der Waals surface area contributed by atoms with Gasteiger partial charge in [-0.2, -0.15) is 0 Å². The molecule has 0 unspecified atom stereocenters. The molecule has 2 amide bonds. The van der Waals surface area contributed by atoms with Gasteiger partial charge in [-0.05, 0) is 13.8 Å². The van der Waals surface area contributed by atoms with E-state index in [0.29, 0.717) is 0 Å². The molecule has 6 heteroatoms. The third-order valence-corrected chi connectivity index (χ3v) is 0.818. The molecule has 0 saturated carbocycles. The molecule has 0 aromatic heterocycles. The van der Waals surface area contributed by atoms with Gasteiger partial charge in [-0.1, -0.05) is 0 Å². The molecule has 0 heterocycles. The van der Waals surface area contributed by atoms with Crippen molar-refractivity contribution in [3.8, 4) is 0 Å². The maximum atomic E-state index is 10.5. The summed E-state index contributed by atoms with van der Waals surface area (Å²) in [4.78, 5) is 27.2. The third-order valence-electron chi connectivity index (χ3n) is 0.818. The largest absolute Gasteiger partial charge is 0.448 e. The van der Waals surface area contributed by atoms with Crippen LogP contribution in [0.25, 0.3) is 0 Å². The summed E-state index contributed by atoms with van der Waals surface area (Å²) in [6, 6.07) is 1.86. The lowest BCUT2D eigenvalue weighted by Gasteiger charge is -1.91. The molecule has 0 aliphatic rings. The SMILES string of the molecule is CCOC(=O)N=C=NC(=O)OCC. The van der Waals surface area contributed by atoms with Crippen LogP contribution < -0.4 is 0 Å². The van der Waals surface area contributed by atoms with E-state index in [1.807, 2.05) is 6.01 Å². The average molecular weight is 186 g/mol. The van der Waals surface area contributed by atoms with E-state index in [9.17, 15) is 9.59 Å². The first-order valence-electron chi connectivity index (χ1n) is 3.70. The summed E-state index contributed by atoms with van der Waals surface area (Å²) in [5.74, 6) is 0. The molecule has 0 aromatic carbocycles. The van der Waals surface area contributed by atoms with Crippen LogP contribution in [0.4, 0.5) is 9.59 Å². The van der Waals surface area contributed by atoms with Crippen molar-refractivity contribution in [2.75, 3.05) is 13.2 Å². The number of carbonyl (C=O) groups is 2. The molecular formula is C7H10N2O4. The van der Waals surface area contributed by atoms with Crippen LogP contribution in [-0.4, -0.2) is 31.4 Å². The molecule has 0 fully saturated rings. The van der Waals surface area contributed by atoms with Gasteiger partial charge >= 0.3 is 12.2 Å². The molecule has 0 atom stereocenters. The Bertz CT molecular complexity index is 221. The number of hydrogen-bond acceptors (Lipinski definition) is 4. The van der Waals surface area contributed by atoms with Gasteiger partial charge in [0.25, 0.3) is 0 Å². The Balaban J connectivity index is 3.94. The topological polar surface area (TPSA) is 77.3 Å². The molecule has 0 rings (SSSR count). The summed E-state index contributed by atoms with van der Waals surface area (Å²) in [6.07, 6.45) is -1.67. The predicted molar refractivity (Wildman–Crippen MR) is 43.9 cm³/mol. The summed E-state index contributed by atoms with van der Waals surface area (Å²) in [5, 5.41) is 0. The van der Waals surface area contributed by atoms with Crippen molar-refractivity contribution >= 4 is 18.2 Å². The van der Waals surface area contributed by atoms with E-state index in [2.05, 4.69) is 19.5 Å². The molecule has 13 heavy (non-hydrogen) atoms. The minimum Gasteiger partial charge on any atom is -0.448 e. The highest BCUT2D eigenvalue weighted by Crippen LogP contribution is 1.82. The molecule has 0 radical (unpaired) electrons. The first-order chi connectivity index (χ1) is 6.20. The second kappa shape index (κ2) is 7.00. The van der Waals surface area contributed by atoms with Gasteiger partial charge in [-0.25, -0.2) is 9.59 Å². The van der Waals surface area contributed by atoms with Crippen molar-refractivity contribution in [3.63, 3.8) is 0 Å². The Hall–Kier alpha value is -1.68. The molecule has 0 aliphatic heterocycles. The van der Waals surface area contributed by atoms with Crippen molar-refractivity contribution in [2.45, 2.75) is 13.8 Å². The smallest absolute Gasteiger partial charge is 0.443 e. The van der Waals surface area contributed by atoms with E-state index in [1.165, 1.54) is 0 Å². The molecule has 0 aromatic rings. The highest BCUT2D eigenvalue weighted by atomic mass is 16.5. The van der Waals surface area contributed by atoms with Crippen LogP contribution in [-0.2, 0) is 9.47 Å². The van der Waals surface area contributed by atoms with E-state index in [0.717, 1.165) is 0 Å². The maximum Gasteiger partial charge on any atom is 0.443 e. The summed E-state index contributed by atoms with van der Waals surface area (Å²) < 4.78 is 8.81. The summed E-state index contributed by atoms with van der Waals surface area (Å²) in [6.45, 7) is 3.69. The van der Waals surface area contributed by atoms with E-state index in [1.54, 1.807) is 13.8 Å². The fourth-order valence-electron chi connectivity index (χ4n) is 0.418. The van der Waals surface area contributed by atoms with Crippen LogP contribution in [0.2, 0.25) is 0 Å². The normalized spacial score (nSPS) is 8.15. The Labute approximate surface area is 75.3 Å². The molecule has 0 N–H and O–H groups in total. The highest BCUT2D eigenvalue weighted by Gasteiger charge is 1.95. The van der Waals surface area contributed by atoms with E-state index in [-0.39, 0.29) is 13.2 Å². The molecule has 72 valence electrons.